The second-order valence-electron chi connectivity index (χ2n) is 5.85. The van der Waals surface area contributed by atoms with Crippen molar-refractivity contribution in [2.24, 2.45) is 0 Å². The molecule has 0 saturated carbocycles. The molecule has 0 aliphatic carbocycles. The highest BCUT2D eigenvalue weighted by Gasteiger charge is 2.35. The number of tetrazole rings is 1. The zero-order valence-electron chi connectivity index (χ0n) is 13.9. The maximum atomic E-state index is 12.4. The Kier molecular flexibility index (Phi) is 5.28. The minimum absolute atomic E-state index is 0.334. The number of carboxylic acid groups (broad SMARTS) is 1. The fourth-order valence-electron chi connectivity index (χ4n) is 2.30. The van der Waals surface area contributed by atoms with Gasteiger partial charge in [-0.2, -0.15) is 4.80 Å². The lowest BCUT2D eigenvalue weighted by molar-refractivity contribution is -0.147. The van der Waals surface area contributed by atoms with Gasteiger partial charge in [0.15, 0.2) is 0 Å². The SMILES string of the molecule is CCCC(C)(NC(=O)C(C)n1nnc(-c2ccccc2)n1)C(=O)O. The monoisotopic (exact) mass is 331 g/mol. The van der Waals surface area contributed by atoms with Gasteiger partial charge >= 0.3 is 5.97 Å². The van der Waals surface area contributed by atoms with Crippen molar-refractivity contribution in [1.82, 2.24) is 25.5 Å². The third-order valence-electron chi connectivity index (χ3n) is 3.81. The van der Waals surface area contributed by atoms with E-state index in [0.717, 1.165) is 5.56 Å². The average molecular weight is 331 g/mol. The van der Waals surface area contributed by atoms with Crippen molar-refractivity contribution in [2.45, 2.75) is 45.2 Å². The Balaban J connectivity index is 2.14. The standard InChI is InChI=1S/C16H21N5O3/c1-4-10-16(3,15(23)24)17-14(22)11(2)21-19-13(18-20-21)12-8-6-5-7-9-12/h5-9,11H,4,10H2,1-3H3,(H,17,22)(H,23,24). The predicted octanol–water partition coefficient (Wildman–Crippen LogP) is 1.66. The Morgan fingerprint density at radius 3 is 2.58 bits per heavy atom. The van der Waals surface area contributed by atoms with E-state index < -0.39 is 23.5 Å². The molecule has 2 aromatic rings. The van der Waals surface area contributed by atoms with Crippen molar-refractivity contribution in [3.8, 4) is 11.4 Å². The minimum Gasteiger partial charge on any atom is -0.480 e. The Bertz CT molecular complexity index is 716. The number of aromatic nitrogens is 4. The summed E-state index contributed by atoms with van der Waals surface area (Å²) in [5.74, 6) is -1.13. The first kappa shape index (κ1) is 17.6. The van der Waals surface area contributed by atoms with Crippen molar-refractivity contribution < 1.29 is 14.7 Å². The molecule has 2 N–H and O–H groups in total. The van der Waals surface area contributed by atoms with E-state index in [4.69, 9.17) is 0 Å². The zero-order valence-corrected chi connectivity index (χ0v) is 13.9. The van der Waals surface area contributed by atoms with E-state index in [-0.39, 0.29) is 0 Å². The summed E-state index contributed by atoms with van der Waals surface area (Å²) in [6.45, 7) is 4.95. The predicted molar refractivity (Wildman–Crippen MR) is 87.1 cm³/mol. The van der Waals surface area contributed by atoms with Crippen molar-refractivity contribution >= 4 is 11.9 Å². The Morgan fingerprint density at radius 2 is 2.00 bits per heavy atom. The first-order valence-electron chi connectivity index (χ1n) is 7.77. The molecule has 0 aliphatic rings. The Labute approximate surface area is 139 Å². The van der Waals surface area contributed by atoms with Crippen LogP contribution in [0.1, 0.15) is 39.7 Å². The zero-order chi connectivity index (χ0) is 17.7. The lowest BCUT2D eigenvalue weighted by Gasteiger charge is -2.27. The van der Waals surface area contributed by atoms with Crippen LogP contribution in [0, 0.1) is 0 Å². The van der Waals surface area contributed by atoms with Gasteiger partial charge in [-0.1, -0.05) is 43.7 Å². The van der Waals surface area contributed by atoms with Gasteiger partial charge in [0.05, 0.1) is 0 Å². The summed E-state index contributed by atoms with van der Waals surface area (Å²) in [6, 6.07) is 8.50. The molecule has 24 heavy (non-hydrogen) atoms. The number of carbonyl (C=O) groups excluding carboxylic acids is 1. The van der Waals surface area contributed by atoms with Crippen LogP contribution in [-0.2, 0) is 9.59 Å². The number of benzene rings is 1. The van der Waals surface area contributed by atoms with Crippen LogP contribution in [0.5, 0.6) is 0 Å². The third kappa shape index (κ3) is 3.76. The van der Waals surface area contributed by atoms with Gasteiger partial charge in [0, 0.05) is 5.56 Å². The first-order chi connectivity index (χ1) is 11.4. The van der Waals surface area contributed by atoms with Crippen LogP contribution in [-0.4, -0.2) is 42.7 Å². The van der Waals surface area contributed by atoms with E-state index >= 15 is 0 Å². The summed E-state index contributed by atoms with van der Waals surface area (Å²) in [6.07, 6.45) is 0.970. The van der Waals surface area contributed by atoms with Crippen LogP contribution < -0.4 is 5.32 Å². The van der Waals surface area contributed by atoms with Crippen LogP contribution in [0.25, 0.3) is 11.4 Å². The summed E-state index contributed by atoms with van der Waals surface area (Å²) >= 11 is 0. The Morgan fingerprint density at radius 1 is 1.33 bits per heavy atom. The first-order valence-corrected chi connectivity index (χ1v) is 7.77. The van der Waals surface area contributed by atoms with Gasteiger partial charge in [-0.05, 0) is 25.5 Å². The van der Waals surface area contributed by atoms with Crippen LogP contribution in [0.15, 0.2) is 30.3 Å². The molecule has 8 nitrogen and oxygen atoms in total. The number of nitrogens with zero attached hydrogens (tertiary/aromatic N) is 4. The molecular weight excluding hydrogens is 310 g/mol. The second-order valence-corrected chi connectivity index (χ2v) is 5.85. The molecule has 0 aliphatic heterocycles. The molecule has 2 unspecified atom stereocenters. The molecule has 0 fully saturated rings. The van der Waals surface area contributed by atoms with E-state index in [1.165, 1.54) is 11.7 Å². The summed E-state index contributed by atoms with van der Waals surface area (Å²) in [5.41, 5.74) is -0.527. The van der Waals surface area contributed by atoms with Gasteiger partial charge < -0.3 is 10.4 Å². The highest BCUT2D eigenvalue weighted by Crippen LogP contribution is 2.16. The average Bonchev–Trinajstić information content (AvgIpc) is 3.05. The van der Waals surface area contributed by atoms with Crippen LogP contribution in [0.2, 0.25) is 0 Å². The molecule has 1 amide bonds. The minimum atomic E-state index is -1.32. The second kappa shape index (κ2) is 7.20. The smallest absolute Gasteiger partial charge is 0.329 e. The maximum absolute atomic E-state index is 12.4. The molecule has 0 radical (unpaired) electrons. The fraction of sp³-hybridized carbons (Fsp3) is 0.438. The number of hydrogen-bond donors (Lipinski definition) is 2. The van der Waals surface area contributed by atoms with Gasteiger partial charge in [-0.15, -0.1) is 10.2 Å². The lowest BCUT2D eigenvalue weighted by Crippen LogP contribution is -2.53. The number of carboxylic acids is 1. The fourth-order valence-corrected chi connectivity index (χ4v) is 2.30. The molecule has 1 heterocycles. The van der Waals surface area contributed by atoms with E-state index in [1.54, 1.807) is 6.92 Å². The number of nitrogens with one attached hydrogen (secondary N) is 1. The van der Waals surface area contributed by atoms with Crippen molar-refractivity contribution in [1.29, 1.82) is 0 Å². The third-order valence-corrected chi connectivity index (χ3v) is 3.81. The van der Waals surface area contributed by atoms with Gasteiger partial charge in [0.1, 0.15) is 11.6 Å². The molecule has 1 aromatic heterocycles. The van der Waals surface area contributed by atoms with Gasteiger partial charge in [0.25, 0.3) is 0 Å². The number of rotatable bonds is 7. The van der Waals surface area contributed by atoms with Crippen molar-refractivity contribution in [3.05, 3.63) is 30.3 Å². The van der Waals surface area contributed by atoms with E-state index in [1.807, 2.05) is 37.3 Å². The highest BCUT2D eigenvalue weighted by molar-refractivity contribution is 5.88. The maximum Gasteiger partial charge on any atom is 0.329 e. The van der Waals surface area contributed by atoms with Crippen molar-refractivity contribution in [3.63, 3.8) is 0 Å². The summed E-state index contributed by atoms with van der Waals surface area (Å²) in [4.78, 5) is 25.0. The summed E-state index contributed by atoms with van der Waals surface area (Å²) in [5, 5.41) is 24.0. The lowest BCUT2D eigenvalue weighted by atomic mass is 9.96. The van der Waals surface area contributed by atoms with Gasteiger partial charge in [0.2, 0.25) is 11.7 Å². The van der Waals surface area contributed by atoms with Gasteiger partial charge in [-0.3, -0.25) is 4.79 Å². The van der Waals surface area contributed by atoms with E-state index in [0.29, 0.717) is 18.7 Å². The molecule has 0 spiro atoms. The highest BCUT2D eigenvalue weighted by atomic mass is 16.4. The molecule has 0 bridgehead atoms. The molecule has 128 valence electrons. The quantitative estimate of drug-likeness (QED) is 0.798. The normalized spacial score (nSPS) is 14.6. The number of hydrogen-bond acceptors (Lipinski definition) is 5. The summed E-state index contributed by atoms with van der Waals surface area (Å²) in [7, 11) is 0. The molecule has 1 aromatic carbocycles. The van der Waals surface area contributed by atoms with Crippen molar-refractivity contribution in [2.75, 3.05) is 0 Å². The number of carbonyl (C=O) groups is 2. The number of amides is 1. The van der Waals surface area contributed by atoms with Crippen LogP contribution in [0.4, 0.5) is 0 Å². The summed E-state index contributed by atoms with van der Waals surface area (Å²) < 4.78 is 0. The van der Waals surface area contributed by atoms with E-state index in [9.17, 15) is 14.7 Å². The van der Waals surface area contributed by atoms with E-state index in [2.05, 4.69) is 20.7 Å². The molecule has 0 saturated heterocycles. The molecule has 8 heteroatoms. The molecular formula is C16H21N5O3. The topological polar surface area (TPSA) is 110 Å². The number of aliphatic carboxylic acids is 1. The molecule has 2 atom stereocenters. The molecule has 2 rings (SSSR count). The Hall–Kier alpha value is -2.77. The van der Waals surface area contributed by atoms with Crippen LogP contribution in [0.3, 0.4) is 0 Å². The van der Waals surface area contributed by atoms with Gasteiger partial charge in [-0.25, -0.2) is 4.79 Å². The largest absolute Gasteiger partial charge is 0.480 e. The van der Waals surface area contributed by atoms with Crippen LogP contribution >= 0.6 is 0 Å².